The lowest BCUT2D eigenvalue weighted by atomic mass is 9.56. The van der Waals surface area contributed by atoms with E-state index < -0.39 is 0 Å². The van der Waals surface area contributed by atoms with Gasteiger partial charge in [-0.25, -0.2) is 0 Å². The molecule has 0 aromatic heterocycles. The van der Waals surface area contributed by atoms with Gasteiger partial charge in [0.25, 0.3) is 0 Å². The zero-order valence-electron chi connectivity index (χ0n) is 6.59. The zero-order chi connectivity index (χ0) is 6.55. The molecule has 3 N–H and O–H groups in total. The fourth-order valence-corrected chi connectivity index (χ4v) is 2.33. The summed E-state index contributed by atoms with van der Waals surface area (Å²) in [5.41, 5.74) is 3.28. The molecule has 11 heavy (non-hydrogen) atoms. The van der Waals surface area contributed by atoms with Crippen molar-refractivity contribution in [3.8, 4) is 0 Å². The molecule has 1 aromatic rings. The van der Waals surface area contributed by atoms with Crippen molar-refractivity contribution >= 4 is 0 Å². The molecule has 2 aliphatic rings. The number of hydrogen-bond donors (Lipinski definition) is 1. The van der Waals surface area contributed by atoms with E-state index in [9.17, 15) is 0 Å². The highest BCUT2D eigenvalue weighted by Gasteiger charge is 2.43. The molecule has 1 saturated carbocycles. The minimum absolute atomic E-state index is 0. The van der Waals surface area contributed by atoms with Gasteiger partial charge in [0, 0.05) is 0 Å². The van der Waals surface area contributed by atoms with Crippen molar-refractivity contribution < 1.29 is 0 Å². The second-order valence-electron chi connectivity index (χ2n) is 3.42. The monoisotopic (exact) mass is 147 g/mol. The Bertz CT molecular complexity index is 251. The second-order valence-corrected chi connectivity index (χ2v) is 3.42. The minimum Gasteiger partial charge on any atom is -0.344 e. The first-order chi connectivity index (χ1) is 4.97. The molecule has 2 unspecified atom stereocenters. The Balaban J connectivity index is 0.000000480. The van der Waals surface area contributed by atoms with E-state index in [0.29, 0.717) is 0 Å². The van der Waals surface area contributed by atoms with Gasteiger partial charge in [0.05, 0.1) is 0 Å². The third-order valence-electron chi connectivity index (χ3n) is 3.07. The normalized spacial score (nSPS) is 30.2. The molecule has 0 amide bonds. The van der Waals surface area contributed by atoms with E-state index in [1.807, 2.05) is 0 Å². The highest BCUT2D eigenvalue weighted by Crippen LogP contribution is 2.59. The fourth-order valence-electron chi connectivity index (χ4n) is 2.33. The van der Waals surface area contributed by atoms with E-state index in [0.717, 1.165) is 11.8 Å². The highest BCUT2D eigenvalue weighted by atomic mass is 14.5. The third-order valence-corrected chi connectivity index (χ3v) is 3.07. The lowest BCUT2D eigenvalue weighted by molar-refractivity contribution is 0.294. The topological polar surface area (TPSA) is 35.0 Å². The summed E-state index contributed by atoms with van der Waals surface area (Å²) in [6.45, 7) is 0. The van der Waals surface area contributed by atoms with E-state index in [1.54, 1.807) is 11.1 Å². The molecule has 0 radical (unpaired) electrons. The first kappa shape index (κ1) is 6.86. The van der Waals surface area contributed by atoms with Crippen LogP contribution < -0.4 is 6.15 Å². The maximum Gasteiger partial charge on any atom is -0.00899 e. The summed E-state index contributed by atoms with van der Waals surface area (Å²) in [5.74, 6) is 1.94. The van der Waals surface area contributed by atoms with Crippen LogP contribution >= 0.6 is 0 Å². The van der Waals surface area contributed by atoms with Gasteiger partial charge >= 0.3 is 0 Å². The molecule has 1 fully saturated rings. The maximum atomic E-state index is 2.29. The van der Waals surface area contributed by atoms with Crippen LogP contribution in [0.25, 0.3) is 0 Å². The van der Waals surface area contributed by atoms with Crippen LogP contribution in [0.5, 0.6) is 0 Å². The molecule has 1 nitrogen and oxygen atoms in total. The number of benzene rings is 1. The standard InChI is InChI=1S/C10H10.H3N/c1-2-4-8-7(3-1)9-5-6-10(8)9;/h1-4,9-10H,5-6H2;1H3. The molecular weight excluding hydrogens is 134 g/mol. The molecule has 58 valence electrons. The summed E-state index contributed by atoms with van der Waals surface area (Å²) in [4.78, 5) is 0. The van der Waals surface area contributed by atoms with Crippen LogP contribution in [0.2, 0.25) is 0 Å². The summed E-state index contributed by atoms with van der Waals surface area (Å²) in [5, 5.41) is 0. The Labute approximate surface area is 67.0 Å². The van der Waals surface area contributed by atoms with E-state index >= 15 is 0 Å². The Morgan fingerprint density at radius 3 is 1.73 bits per heavy atom. The predicted octanol–water partition coefficient (Wildman–Crippen LogP) is 2.82. The number of hydrogen-bond acceptors (Lipinski definition) is 1. The summed E-state index contributed by atoms with van der Waals surface area (Å²) >= 11 is 0. The molecule has 0 heterocycles. The molecule has 2 atom stereocenters. The molecule has 0 spiro atoms. The molecule has 1 heteroatoms. The summed E-state index contributed by atoms with van der Waals surface area (Å²) < 4.78 is 0. The fraction of sp³-hybridized carbons (Fsp3) is 0.400. The van der Waals surface area contributed by atoms with Gasteiger partial charge in [0.1, 0.15) is 0 Å². The van der Waals surface area contributed by atoms with Crippen LogP contribution in [0.1, 0.15) is 35.8 Å². The van der Waals surface area contributed by atoms with Crippen LogP contribution in [0.15, 0.2) is 24.3 Å². The third kappa shape index (κ3) is 0.641. The first-order valence-electron chi connectivity index (χ1n) is 4.05. The second kappa shape index (κ2) is 2.08. The van der Waals surface area contributed by atoms with E-state index in [4.69, 9.17) is 0 Å². The van der Waals surface area contributed by atoms with Gasteiger partial charge in [0.2, 0.25) is 0 Å². The summed E-state index contributed by atoms with van der Waals surface area (Å²) in [6, 6.07) is 8.89. The Kier molecular flexibility index (Phi) is 1.30. The number of fused-ring (bicyclic) bond motifs is 4. The average Bonchev–Trinajstić information content (AvgIpc) is 1.90. The van der Waals surface area contributed by atoms with Gasteiger partial charge < -0.3 is 6.15 Å². The smallest absolute Gasteiger partial charge is 0.00899 e. The quantitative estimate of drug-likeness (QED) is 0.601. The van der Waals surface area contributed by atoms with E-state index in [1.165, 1.54) is 12.8 Å². The van der Waals surface area contributed by atoms with Gasteiger partial charge in [-0.3, -0.25) is 0 Å². The Morgan fingerprint density at radius 2 is 1.36 bits per heavy atom. The summed E-state index contributed by atoms with van der Waals surface area (Å²) in [6.07, 6.45) is 2.89. The minimum atomic E-state index is 0. The largest absolute Gasteiger partial charge is 0.344 e. The summed E-state index contributed by atoms with van der Waals surface area (Å²) in [7, 11) is 0. The van der Waals surface area contributed by atoms with Gasteiger partial charge in [-0.05, 0) is 35.8 Å². The van der Waals surface area contributed by atoms with Gasteiger partial charge in [-0.15, -0.1) is 0 Å². The average molecular weight is 147 g/mol. The van der Waals surface area contributed by atoms with E-state index in [-0.39, 0.29) is 6.15 Å². The van der Waals surface area contributed by atoms with Gasteiger partial charge in [-0.2, -0.15) is 0 Å². The van der Waals surface area contributed by atoms with Crippen molar-refractivity contribution in [3.05, 3.63) is 35.4 Å². The number of rotatable bonds is 0. The Hall–Kier alpha value is -0.820. The molecule has 2 aliphatic carbocycles. The van der Waals surface area contributed by atoms with Crippen molar-refractivity contribution in [2.75, 3.05) is 0 Å². The first-order valence-corrected chi connectivity index (χ1v) is 4.05. The van der Waals surface area contributed by atoms with Crippen LogP contribution in [-0.4, -0.2) is 0 Å². The van der Waals surface area contributed by atoms with Crippen molar-refractivity contribution in [1.82, 2.24) is 6.15 Å². The molecule has 0 bridgehead atoms. The van der Waals surface area contributed by atoms with E-state index in [2.05, 4.69) is 24.3 Å². The molecule has 3 rings (SSSR count). The van der Waals surface area contributed by atoms with Crippen LogP contribution in [-0.2, 0) is 0 Å². The van der Waals surface area contributed by atoms with Crippen LogP contribution in [0.4, 0.5) is 0 Å². The van der Waals surface area contributed by atoms with Crippen LogP contribution in [0.3, 0.4) is 0 Å². The lowest BCUT2D eigenvalue weighted by Crippen LogP contribution is -2.32. The molecule has 0 aliphatic heterocycles. The lowest BCUT2D eigenvalue weighted by Gasteiger charge is -2.48. The molecule has 0 saturated heterocycles. The van der Waals surface area contributed by atoms with Crippen molar-refractivity contribution in [1.29, 1.82) is 0 Å². The molecule has 1 aromatic carbocycles. The van der Waals surface area contributed by atoms with Crippen molar-refractivity contribution in [2.24, 2.45) is 0 Å². The van der Waals surface area contributed by atoms with Crippen LogP contribution in [0, 0.1) is 0 Å². The van der Waals surface area contributed by atoms with Crippen molar-refractivity contribution in [3.63, 3.8) is 0 Å². The Morgan fingerprint density at radius 1 is 0.909 bits per heavy atom. The maximum absolute atomic E-state index is 2.29. The molecular formula is C10H13N. The SMILES string of the molecule is N.c1ccc2c(c1)C1CCC21. The van der Waals surface area contributed by atoms with Crippen molar-refractivity contribution in [2.45, 2.75) is 24.7 Å². The predicted molar refractivity (Wildman–Crippen MR) is 46.2 cm³/mol. The zero-order valence-corrected chi connectivity index (χ0v) is 6.59. The van der Waals surface area contributed by atoms with Gasteiger partial charge in [0.15, 0.2) is 0 Å². The highest BCUT2D eigenvalue weighted by molar-refractivity contribution is 5.47. The van der Waals surface area contributed by atoms with Gasteiger partial charge in [-0.1, -0.05) is 24.3 Å².